The van der Waals surface area contributed by atoms with Crippen molar-refractivity contribution in [2.45, 2.75) is 0 Å². The lowest BCUT2D eigenvalue weighted by Gasteiger charge is -2.07. The Morgan fingerprint density at radius 1 is 0.929 bits per heavy atom. The van der Waals surface area contributed by atoms with Crippen LogP contribution in [0.2, 0.25) is 5.02 Å². The largest absolute Gasteiger partial charge is 0.497 e. The average Bonchev–Trinajstić information content (AvgIpc) is 2.98. The van der Waals surface area contributed by atoms with Gasteiger partial charge in [-0.25, -0.2) is 4.57 Å². The molecular weight excluding hydrogens is 370 g/mol. The van der Waals surface area contributed by atoms with Gasteiger partial charge in [-0.3, -0.25) is 0 Å². The molecule has 0 amide bonds. The monoisotopic (exact) mass is 390 g/mol. The number of rotatable bonds is 3. The molecule has 0 spiro atoms. The predicted molar refractivity (Wildman–Crippen MR) is 115 cm³/mol. The van der Waals surface area contributed by atoms with E-state index in [-0.39, 0.29) is 5.69 Å². The predicted octanol–water partition coefficient (Wildman–Crippen LogP) is 4.19. The van der Waals surface area contributed by atoms with Crippen LogP contribution in [0.4, 0.5) is 0 Å². The number of fused-ring (bicyclic) bond motifs is 1. The molecule has 0 unspecified atom stereocenters. The molecule has 4 rings (SSSR count). The van der Waals surface area contributed by atoms with Gasteiger partial charge in [-0.15, -0.1) is 0 Å². The number of para-hydroxylation sites is 1. The number of halogens is 1. The van der Waals surface area contributed by atoms with Gasteiger partial charge in [0.2, 0.25) is 0 Å². The smallest absolute Gasteiger partial charge is 0.343 e. The fourth-order valence-corrected chi connectivity index (χ4v) is 3.72. The summed E-state index contributed by atoms with van der Waals surface area (Å²) in [5.74, 6) is 0. The number of aromatic nitrogens is 3. The van der Waals surface area contributed by atoms with Gasteiger partial charge in [-0.2, -0.15) is 9.36 Å². The van der Waals surface area contributed by atoms with Crippen molar-refractivity contribution >= 4 is 34.7 Å². The van der Waals surface area contributed by atoms with E-state index >= 15 is 0 Å². The van der Waals surface area contributed by atoms with Gasteiger partial charge in [0.05, 0.1) is 26.0 Å². The first kappa shape index (κ1) is 18.3. The molecule has 0 aliphatic heterocycles. The highest BCUT2D eigenvalue weighted by molar-refractivity contribution is 6.30. The molecule has 28 heavy (non-hydrogen) atoms. The first-order valence-corrected chi connectivity index (χ1v) is 9.42. The van der Waals surface area contributed by atoms with Gasteiger partial charge in [-0.1, -0.05) is 41.9 Å². The van der Waals surface area contributed by atoms with E-state index in [1.807, 2.05) is 48.5 Å². The third-order valence-corrected chi connectivity index (χ3v) is 5.38. The molecule has 2 heterocycles. The van der Waals surface area contributed by atoms with Gasteiger partial charge in [-0.05, 0) is 35.9 Å². The van der Waals surface area contributed by atoms with Crippen LogP contribution in [0, 0.1) is 0 Å². The van der Waals surface area contributed by atoms with Crippen LogP contribution in [0.5, 0.6) is 0 Å². The summed E-state index contributed by atoms with van der Waals surface area (Å²) in [6.07, 6.45) is 5.86. The van der Waals surface area contributed by atoms with Gasteiger partial charge in [0.15, 0.2) is 0 Å². The quantitative estimate of drug-likeness (QED) is 0.482. The zero-order chi connectivity index (χ0) is 19.8. The number of hydrogen-bond acceptors (Lipinski definition) is 1. The second-order valence-corrected chi connectivity index (χ2v) is 7.31. The first-order valence-electron chi connectivity index (χ1n) is 9.04. The molecule has 2 aromatic heterocycles. The van der Waals surface area contributed by atoms with E-state index in [9.17, 15) is 4.79 Å². The van der Waals surface area contributed by atoms with E-state index in [4.69, 9.17) is 11.6 Å². The molecule has 2 aromatic carbocycles. The summed E-state index contributed by atoms with van der Waals surface area (Å²) in [7, 11) is 5.60. The van der Waals surface area contributed by atoms with Crippen LogP contribution < -0.4 is 10.3 Å². The Kier molecular flexibility index (Phi) is 4.65. The van der Waals surface area contributed by atoms with Crippen molar-refractivity contribution in [3.05, 3.63) is 87.6 Å². The summed E-state index contributed by atoms with van der Waals surface area (Å²) >= 11 is 6.09. The number of hydrogen-bond donors (Lipinski definition) is 0. The molecule has 0 aliphatic rings. The lowest BCUT2D eigenvalue weighted by molar-refractivity contribution is -0.690. The zero-order valence-electron chi connectivity index (χ0n) is 16.1. The minimum Gasteiger partial charge on any atom is -0.343 e. The van der Waals surface area contributed by atoms with Gasteiger partial charge in [0.1, 0.15) is 5.69 Å². The summed E-state index contributed by atoms with van der Waals surface area (Å²) in [5, 5.41) is 1.88. The van der Waals surface area contributed by atoms with E-state index in [1.165, 1.54) is 0 Å². The van der Waals surface area contributed by atoms with E-state index in [0.29, 0.717) is 5.02 Å². The van der Waals surface area contributed by atoms with E-state index in [2.05, 4.69) is 29.8 Å². The van der Waals surface area contributed by atoms with Gasteiger partial charge >= 0.3 is 5.69 Å². The highest BCUT2D eigenvalue weighted by Crippen LogP contribution is 2.34. The Morgan fingerprint density at radius 2 is 1.64 bits per heavy atom. The fourth-order valence-electron chi connectivity index (χ4n) is 3.60. The van der Waals surface area contributed by atoms with Gasteiger partial charge in [0, 0.05) is 34.6 Å². The van der Waals surface area contributed by atoms with Crippen molar-refractivity contribution in [1.82, 2.24) is 9.13 Å². The highest BCUT2D eigenvalue weighted by Gasteiger charge is 2.15. The van der Waals surface area contributed by atoms with Crippen molar-refractivity contribution in [3.63, 3.8) is 0 Å². The van der Waals surface area contributed by atoms with Crippen molar-refractivity contribution in [2.75, 3.05) is 0 Å². The molecule has 0 aliphatic carbocycles. The van der Waals surface area contributed by atoms with Gasteiger partial charge < -0.3 is 4.57 Å². The Labute approximate surface area is 168 Å². The molecule has 140 valence electrons. The van der Waals surface area contributed by atoms with Crippen molar-refractivity contribution in [1.29, 1.82) is 0 Å². The standard InChI is InChI=1S/C23H21ClN3O/c1-25-15-14-18(26(2)23(25)28)12-13-20-19-6-4-5-7-21(19)27(3)22(20)16-8-10-17(24)11-9-16/h4-15H,1-3H3/q+1. The van der Waals surface area contributed by atoms with Crippen LogP contribution in [0.1, 0.15) is 11.3 Å². The van der Waals surface area contributed by atoms with Crippen LogP contribution in [0.3, 0.4) is 0 Å². The zero-order valence-corrected chi connectivity index (χ0v) is 16.8. The van der Waals surface area contributed by atoms with E-state index < -0.39 is 0 Å². The third kappa shape index (κ3) is 3.06. The summed E-state index contributed by atoms with van der Waals surface area (Å²) in [5.41, 5.74) is 5.26. The fraction of sp³-hybridized carbons (Fsp3) is 0.130. The van der Waals surface area contributed by atoms with E-state index in [1.54, 1.807) is 29.4 Å². The minimum atomic E-state index is -0.0574. The van der Waals surface area contributed by atoms with Crippen molar-refractivity contribution in [3.8, 4) is 11.3 Å². The molecule has 4 nitrogen and oxygen atoms in total. The third-order valence-electron chi connectivity index (χ3n) is 5.13. The van der Waals surface area contributed by atoms with Crippen LogP contribution in [0.25, 0.3) is 34.3 Å². The summed E-state index contributed by atoms with van der Waals surface area (Å²) < 4.78 is 5.40. The second kappa shape index (κ2) is 7.13. The van der Waals surface area contributed by atoms with Crippen LogP contribution in [-0.2, 0) is 21.1 Å². The lowest BCUT2D eigenvalue weighted by Crippen LogP contribution is -2.50. The van der Waals surface area contributed by atoms with Gasteiger partial charge in [0.25, 0.3) is 0 Å². The number of benzene rings is 2. The van der Waals surface area contributed by atoms with E-state index in [0.717, 1.165) is 33.4 Å². The molecule has 4 aromatic rings. The lowest BCUT2D eigenvalue weighted by atomic mass is 10.0. The van der Waals surface area contributed by atoms with Crippen molar-refractivity contribution in [2.24, 2.45) is 21.1 Å². The maximum Gasteiger partial charge on any atom is 0.497 e. The number of aryl methyl sites for hydroxylation is 2. The Bertz CT molecular complexity index is 1260. The molecule has 0 atom stereocenters. The Balaban J connectivity index is 1.93. The number of nitrogens with zero attached hydrogens (tertiary/aromatic N) is 3. The topological polar surface area (TPSA) is 30.8 Å². The summed E-state index contributed by atoms with van der Waals surface area (Å²) in [6, 6.07) is 18.1. The Hall–Kier alpha value is -3.11. The summed E-state index contributed by atoms with van der Waals surface area (Å²) in [6.45, 7) is 0. The SMILES string of the molecule is Cn1c(/C=C/c2c(-c3ccc(Cl)cc3)n(C)c3ccccc23)cc[n+](C)c1=O. The minimum absolute atomic E-state index is 0.0574. The molecule has 0 saturated heterocycles. The average molecular weight is 391 g/mol. The molecule has 0 saturated carbocycles. The molecule has 0 bridgehead atoms. The van der Waals surface area contributed by atoms with Crippen molar-refractivity contribution < 1.29 is 4.57 Å². The second-order valence-electron chi connectivity index (χ2n) is 6.87. The molecular formula is C23H21ClN3O+. The highest BCUT2D eigenvalue weighted by atomic mass is 35.5. The molecule has 0 radical (unpaired) electrons. The van der Waals surface area contributed by atoms with Crippen LogP contribution >= 0.6 is 11.6 Å². The molecule has 5 heteroatoms. The maximum absolute atomic E-state index is 12.2. The molecule has 0 fully saturated rings. The Morgan fingerprint density at radius 3 is 2.39 bits per heavy atom. The normalized spacial score (nSPS) is 11.6. The van der Waals surface area contributed by atoms with Crippen LogP contribution in [0.15, 0.2) is 65.6 Å². The summed E-state index contributed by atoms with van der Waals surface area (Å²) in [4.78, 5) is 12.2. The van der Waals surface area contributed by atoms with Crippen LogP contribution in [-0.4, -0.2) is 9.13 Å². The maximum atomic E-state index is 12.2. The first-order chi connectivity index (χ1) is 13.5. The molecule has 0 N–H and O–H groups in total.